The van der Waals surface area contributed by atoms with Gasteiger partial charge in [-0.25, -0.2) is 4.98 Å². The van der Waals surface area contributed by atoms with Gasteiger partial charge in [-0.15, -0.1) is 0 Å². The highest BCUT2D eigenvalue weighted by molar-refractivity contribution is 5.67. The lowest BCUT2D eigenvalue weighted by Crippen LogP contribution is -2.22. The first-order valence-corrected chi connectivity index (χ1v) is 6.12. The minimum absolute atomic E-state index is 0.295. The maximum absolute atomic E-state index is 10.6. The van der Waals surface area contributed by atoms with Gasteiger partial charge in [-0.05, 0) is 25.8 Å². The molecular weight excluding hydrogens is 218 g/mol. The Balaban J connectivity index is 1.87. The number of aliphatic carboxylic acids is 1. The van der Waals surface area contributed by atoms with Crippen LogP contribution in [0.1, 0.15) is 25.5 Å². The van der Waals surface area contributed by atoms with Crippen molar-refractivity contribution in [3.8, 4) is 0 Å². The number of aromatic nitrogens is 2. The topological polar surface area (TPSA) is 58.4 Å². The molecule has 0 saturated carbocycles. The fraction of sp³-hybridized carbons (Fsp3) is 0.667. The summed E-state index contributed by atoms with van der Waals surface area (Å²) in [6, 6.07) is 0. The monoisotopic (exact) mass is 237 g/mol. The van der Waals surface area contributed by atoms with Gasteiger partial charge in [-0.3, -0.25) is 9.69 Å². The summed E-state index contributed by atoms with van der Waals surface area (Å²) >= 11 is 0. The summed E-state index contributed by atoms with van der Waals surface area (Å²) in [4.78, 5) is 17.1. The van der Waals surface area contributed by atoms with E-state index in [9.17, 15) is 4.79 Å². The Morgan fingerprint density at radius 2 is 2.47 bits per heavy atom. The van der Waals surface area contributed by atoms with Crippen LogP contribution in [0, 0.1) is 5.92 Å². The van der Waals surface area contributed by atoms with E-state index in [4.69, 9.17) is 5.11 Å². The number of hydrogen-bond acceptors (Lipinski definition) is 3. The predicted molar refractivity (Wildman–Crippen MR) is 63.5 cm³/mol. The molecule has 2 heterocycles. The number of aryl methyl sites for hydroxylation is 1. The maximum Gasteiger partial charge on any atom is 0.303 e. The van der Waals surface area contributed by atoms with Crippen molar-refractivity contribution in [1.29, 1.82) is 0 Å². The van der Waals surface area contributed by atoms with Crippen LogP contribution in [-0.2, 0) is 17.9 Å². The van der Waals surface area contributed by atoms with Gasteiger partial charge in [0, 0.05) is 32.3 Å². The van der Waals surface area contributed by atoms with Crippen LogP contribution >= 0.6 is 0 Å². The summed E-state index contributed by atoms with van der Waals surface area (Å²) in [5.74, 6) is -0.374. The number of rotatable bonds is 5. The largest absolute Gasteiger partial charge is 0.481 e. The van der Waals surface area contributed by atoms with Gasteiger partial charge in [0.15, 0.2) is 0 Å². The average molecular weight is 237 g/mol. The Morgan fingerprint density at radius 1 is 1.65 bits per heavy atom. The second-order valence-corrected chi connectivity index (χ2v) is 4.66. The highest BCUT2D eigenvalue weighted by Gasteiger charge is 2.24. The van der Waals surface area contributed by atoms with E-state index < -0.39 is 5.97 Å². The van der Waals surface area contributed by atoms with Crippen molar-refractivity contribution < 1.29 is 9.90 Å². The Bertz CT molecular complexity index is 389. The molecule has 2 rings (SSSR count). The van der Waals surface area contributed by atoms with Crippen molar-refractivity contribution >= 4 is 5.97 Å². The van der Waals surface area contributed by atoms with Crippen molar-refractivity contribution in [3.05, 3.63) is 18.2 Å². The molecule has 0 amide bonds. The lowest BCUT2D eigenvalue weighted by atomic mass is 10.1. The molecule has 0 aromatic carbocycles. The molecule has 94 valence electrons. The molecule has 1 atom stereocenters. The van der Waals surface area contributed by atoms with Crippen LogP contribution in [0.2, 0.25) is 0 Å². The molecule has 0 spiro atoms. The number of carboxylic acids is 1. The van der Waals surface area contributed by atoms with Crippen LogP contribution in [-0.4, -0.2) is 38.6 Å². The summed E-state index contributed by atoms with van der Waals surface area (Å²) in [6.07, 6.45) is 5.03. The molecular formula is C12H19N3O2. The second kappa shape index (κ2) is 5.31. The first-order chi connectivity index (χ1) is 8.19. The number of imidazole rings is 1. The maximum atomic E-state index is 10.6. The van der Waals surface area contributed by atoms with Gasteiger partial charge in [-0.2, -0.15) is 0 Å². The third-order valence-corrected chi connectivity index (χ3v) is 3.36. The fourth-order valence-electron chi connectivity index (χ4n) is 2.46. The molecule has 5 nitrogen and oxygen atoms in total. The van der Waals surface area contributed by atoms with E-state index in [1.54, 1.807) is 0 Å². The summed E-state index contributed by atoms with van der Waals surface area (Å²) in [5.41, 5.74) is 1.21. The van der Waals surface area contributed by atoms with Gasteiger partial charge in [0.2, 0.25) is 0 Å². The first kappa shape index (κ1) is 12.1. The molecule has 0 bridgehead atoms. The van der Waals surface area contributed by atoms with E-state index in [2.05, 4.69) is 21.4 Å². The standard InChI is InChI=1S/C12H19N3O2/c1-2-15-9-13-6-11(15)8-14-4-3-10(7-14)5-12(16)17/h6,9-10H,2-5,7-8H2,1H3,(H,16,17). The zero-order valence-electron chi connectivity index (χ0n) is 10.2. The van der Waals surface area contributed by atoms with Crippen molar-refractivity contribution in [2.24, 2.45) is 5.92 Å². The quantitative estimate of drug-likeness (QED) is 0.836. The summed E-state index contributed by atoms with van der Waals surface area (Å²) in [6.45, 7) is 5.79. The molecule has 17 heavy (non-hydrogen) atoms. The summed E-state index contributed by atoms with van der Waals surface area (Å²) in [5, 5.41) is 8.77. The van der Waals surface area contributed by atoms with Crippen molar-refractivity contribution in [2.45, 2.75) is 32.9 Å². The molecule has 1 unspecified atom stereocenters. The van der Waals surface area contributed by atoms with E-state index in [0.29, 0.717) is 12.3 Å². The van der Waals surface area contributed by atoms with E-state index >= 15 is 0 Å². The van der Waals surface area contributed by atoms with E-state index in [0.717, 1.165) is 32.6 Å². The third kappa shape index (κ3) is 3.06. The zero-order valence-corrected chi connectivity index (χ0v) is 10.2. The van der Waals surface area contributed by atoms with Gasteiger partial charge in [0.25, 0.3) is 0 Å². The molecule has 0 radical (unpaired) electrons. The van der Waals surface area contributed by atoms with Gasteiger partial charge in [0.1, 0.15) is 0 Å². The molecule has 0 aliphatic carbocycles. The average Bonchev–Trinajstić information content (AvgIpc) is 2.87. The number of hydrogen-bond donors (Lipinski definition) is 1. The van der Waals surface area contributed by atoms with Gasteiger partial charge >= 0.3 is 5.97 Å². The molecule has 1 N–H and O–H groups in total. The molecule has 1 saturated heterocycles. The van der Waals surface area contributed by atoms with E-state index in [-0.39, 0.29) is 0 Å². The molecule has 1 fully saturated rings. The second-order valence-electron chi connectivity index (χ2n) is 4.66. The predicted octanol–water partition coefficient (Wildman–Crippen LogP) is 1.20. The Labute approximate surface area is 101 Å². The summed E-state index contributed by atoms with van der Waals surface area (Å²) < 4.78 is 2.13. The minimum atomic E-state index is -0.685. The smallest absolute Gasteiger partial charge is 0.303 e. The van der Waals surface area contributed by atoms with Crippen molar-refractivity contribution in [2.75, 3.05) is 13.1 Å². The highest BCUT2D eigenvalue weighted by atomic mass is 16.4. The van der Waals surface area contributed by atoms with Crippen LogP contribution < -0.4 is 0 Å². The van der Waals surface area contributed by atoms with Crippen LogP contribution in [0.25, 0.3) is 0 Å². The third-order valence-electron chi connectivity index (χ3n) is 3.36. The number of carbonyl (C=O) groups is 1. The lowest BCUT2D eigenvalue weighted by molar-refractivity contribution is -0.138. The van der Waals surface area contributed by atoms with Gasteiger partial charge in [0.05, 0.1) is 12.0 Å². The lowest BCUT2D eigenvalue weighted by Gasteiger charge is -2.16. The molecule has 1 aliphatic rings. The Kier molecular flexibility index (Phi) is 3.78. The minimum Gasteiger partial charge on any atom is -0.481 e. The highest BCUT2D eigenvalue weighted by Crippen LogP contribution is 2.21. The van der Waals surface area contributed by atoms with Crippen LogP contribution in [0.3, 0.4) is 0 Å². The van der Waals surface area contributed by atoms with Gasteiger partial charge in [-0.1, -0.05) is 0 Å². The van der Waals surface area contributed by atoms with E-state index in [1.807, 2.05) is 12.5 Å². The Morgan fingerprint density at radius 3 is 3.18 bits per heavy atom. The first-order valence-electron chi connectivity index (χ1n) is 6.12. The summed E-state index contributed by atoms with van der Waals surface area (Å²) in [7, 11) is 0. The Hall–Kier alpha value is -1.36. The molecule has 1 aromatic rings. The van der Waals surface area contributed by atoms with Crippen LogP contribution in [0.4, 0.5) is 0 Å². The fourth-order valence-corrected chi connectivity index (χ4v) is 2.46. The van der Waals surface area contributed by atoms with Gasteiger partial charge < -0.3 is 9.67 Å². The number of nitrogens with zero attached hydrogens (tertiary/aromatic N) is 3. The van der Waals surface area contributed by atoms with E-state index in [1.165, 1.54) is 5.69 Å². The molecule has 5 heteroatoms. The number of likely N-dealkylation sites (tertiary alicyclic amines) is 1. The van der Waals surface area contributed by atoms with Crippen molar-refractivity contribution in [3.63, 3.8) is 0 Å². The van der Waals surface area contributed by atoms with Crippen molar-refractivity contribution in [1.82, 2.24) is 14.5 Å². The molecule has 1 aliphatic heterocycles. The molecule has 1 aromatic heterocycles. The van der Waals surface area contributed by atoms with Crippen LogP contribution in [0.5, 0.6) is 0 Å². The SMILES string of the molecule is CCn1cncc1CN1CCC(CC(=O)O)C1. The number of carboxylic acid groups (broad SMARTS) is 1. The van der Waals surface area contributed by atoms with Crippen LogP contribution in [0.15, 0.2) is 12.5 Å². The normalized spacial score (nSPS) is 20.9. The zero-order chi connectivity index (χ0) is 12.3.